The van der Waals surface area contributed by atoms with Crippen LogP contribution in [0.3, 0.4) is 0 Å². The molecule has 1 heterocycles. The molecule has 3 aliphatic rings. The Morgan fingerprint density at radius 3 is 2.60 bits per heavy atom. The summed E-state index contributed by atoms with van der Waals surface area (Å²) in [5.41, 5.74) is 0. The summed E-state index contributed by atoms with van der Waals surface area (Å²) in [7, 11) is 0. The third kappa shape index (κ3) is 1.38. The summed E-state index contributed by atoms with van der Waals surface area (Å²) in [5, 5.41) is 10.7. The number of aliphatic hydroxyl groups is 1. The van der Waals surface area contributed by atoms with E-state index in [4.69, 9.17) is 4.74 Å². The van der Waals surface area contributed by atoms with Gasteiger partial charge in [-0.25, -0.2) is 0 Å². The summed E-state index contributed by atoms with van der Waals surface area (Å²) in [5.74, 6) is 1.49. The van der Waals surface area contributed by atoms with Crippen molar-refractivity contribution in [1.29, 1.82) is 0 Å². The Morgan fingerprint density at radius 2 is 1.80 bits per heavy atom. The van der Waals surface area contributed by atoms with Gasteiger partial charge in [0.15, 0.2) is 5.79 Å². The Labute approximate surface area is 92.0 Å². The molecule has 0 amide bonds. The molecule has 2 heteroatoms. The molecule has 1 N–H and O–H groups in total. The van der Waals surface area contributed by atoms with Crippen molar-refractivity contribution in [3.8, 4) is 0 Å². The van der Waals surface area contributed by atoms with E-state index in [0.29, 0.717) is 11.8 Å². The average Bonchev–Trinajstić information content (AvgIpc) is 2.24. The zero-order valence-corrected chi connectivity index (χ0v) is 9.61. The molecule has 5 atom stereocenters. The molecular weight excluding hydrogens is 188 g/mol. The number of hydrogen-bond acceptors (Lipinski definition) is 2. The van der Waals surface area contributed by atoms with Crippen LogP contribution in [0.1, 0.15) is 45.4 Å². The van der Waals surface area contributed by atoms with Crippen molar-refractivity contribution in [2.45, 2.75) is 51.2 Å². The van der Waals surface area contributed by atoms with Gasteiger partial charge in [-0.2, -0.15) is 0 Å². The molecule has 1 unspecified atom stereocenters. The first-order chi connectivity index (χ1) is 7.22. The van der Waals surface area contributed by atoms with Crippen LogP contribution in [-0.2, 0) is 4.74 Å². The first-order valence-electron chi connectivity index (χ1n) is 6.58. The molecule has 2 saturated carbocycles. The van der Waals surface area contributed by atoms with Crippen LogP contribution < -0.4 is 0 Å². The molecule has 1 saturated heterocycles. The van der Waals surface area contributed by atoms with Crippen LogP contribution in [0.25, 0.3) is 0 Å². The van der Waals surface area contributed by atoms with Crippen molar-refractivity contribution >= 4 is 0 Å². The Hall–Kier alpha value is -0.0800. The van der Waals surface area contributed by atoms with Gasteiger partial charge in [0, 0.05) is 11.8 Å². The van der Waals surface area contributed by atoms with E-state index < -0.39 is 5.79 Å². The van der Waals surface area contributed by atoms with Crippen LogP contribution in [0.2, 0.25) is 0 Å². The maximum atomic E-state index is 10.7. The highest BCUT2D eigenvalue weighted by Crippen LogP contribution is 2.54. The second kappa shape index (κ2) is 3.46. The topological polar surface area (TPSA) is 29.5 Å². The third-order valence-electron chi connectivity index (χ3n) is 5.14. The van der Waals surface area contributed by atoms with Gasteiger partial charge >= 0.3 is 0 Å². The van der Waals surface area contributed by atoms with Crippen molar-refractivity contribution in [2.24, 2.45) is 23.7 Å². The van der Waals surface area contributed by atoms with E-state index >= 15 is 0 Å². The second-order valence-electron chi connectivity index (χ2n) is 5.84. The molecule has 0 bridgehead atoms. The van der Waals surface area contributed by atoms with E-state index in [1.54, 1.807) is 0 Å². The highest BCUT2D eigenvalue weighted by Gasteiger charge is 2.55. The molecule has 15 heavy (non-hydrogen) atoms. The van der Waals surface area contributed by atoms with Gasteiger partial charge in [-0.05, 0) is 43.9 Å². The molecule has 3 rings (SSSR count). The first-order valence-corrected chi connectivity index (χ1v) is 6.58. The molecule has 86 valence electrons. The molecule has 0 aromatic rings. The van der Waals surface area contributed by atoms with E-state index in [2.05, 4.69) is 6.92 Å². The molecule has 1 aliphatic heterocycles. The maximum Gasteiger partial charge on any atom is 0.171 e. The predicted molar refractivity (Wildman–Crippen MR) is 58.2 cm³/mol. The van der Waals surface area contributed by atoms with Crippen LogP contribution in [0.5, 0.6) is 0 Å². The van der Waals surface area contributed by atoms with Gasteiger partial charge in [0.25, 0.3) is 0 Å². The summed E-state index contributed by atoms with van der Waals surface area (Å²) < 4.78 is 5.77. The molecular formula is C13H22O2. The minimum absolute atomic E-state index is 0.333. The zero-order chi connectivity index (χ0) is 10.5. The third-order valence-corrected chi connectivity index (χ3v) is 5.14. The molecule has 2 aliphatic carbocycles. The predicted octanol–water partition coefficient (Wildman–Crippen LogP) is 2.56. The molecule has 2 nitrogen and oxygen atoms in total. The SMILES string of the molecule is C[C@@H]1CC[C@H]2CCC[C@H]3CCOC1(O)[C@H]23. The van der Waals surface area contributed by atoms with E-state index in [0.717, 1.165) is 24.9 Å². The van der Waals surface area contributed by atoms with Gasteiger partial charge in [0.2, 0.25) is 0 Å². The Kier molecular flexibility index (Phi) is 2.33. The minimum atomic E-state index is -0.772. The van der Waals surface area contributed by atoms with Crippen molar-refractivity contribution in [1.82, 2.24) is 0 Å². The van der Waals surface area contributed by atoms with Gasteiger partial charge in [0.1, 0.15) is 0 Å². The minimum Gasteiger partial charge on any atom is -0.365 e. The second-order valence-corrected chi connectivity index (χ2v) is 5.84. The normalized spacial score (nSPS) is 54.8. The van der Waals surface area contributed by atoms with Gasteiger partial charge in [-0.3, -0.25) is 0 Å². The quantitative estimate of drug-likeness (QED) is 0.666. The van der Waals surface area contributed by atoms with Crippen molar-refractivity contribution < 1.29 is 9.84 Å². The van der Waals surface area contributed by atoms with Crippen molar-refractivity contribution in [2.75, 3.05) is 6.61 Å². The maximum absolute atomic E-state index is 10.7. The first kappa shape index (κ1) is 10.1. The highest BCUT2D eigenvalue weighted by molar-refractivity contribution is 4.99. The van der Waals surface area contributed by atoms with E-state index in [-0.39, 0.29) is 0 Å². The standard InChI is InChI=1S/C13H22O2/c1-9-5-6-10-3-2-4-11-7-8-15-13(9,14)12(10)11/h9-12,14H,2-8H2,1H3/t9-,10-,11+,12-,13?/m1/s1. The van der Waals surface area contributed by atoms with Gasteiger partial charge in [-0.1, -0.05) is 13.3 Å². The largest absolute Gasteiger partial charge is 0.365 e. The van der Waals surface area contributed by atoms with E-state index in [1.165, 1.54) is 32.1 Å². The summed E-state index contributed by atoms with van der Waals surface area (Å²) in [6.07, 6.45) is 7.64. The van der Waals surface area contributed by atoms with Crippen molar-refractivity contribution in [3.63, 3.8) is 0 Å². The monoisotopic (exact) mass is 210 g/mol. The summed E-state index contributed by atoms with van der Waals surface area (Å²) in [6, 6.07) is 0. The number of rotatable bonds is 0. The van der Waals surface area contributed by atoms with Crippen molar-refractivity contribution in [3.05, 3.63) is 0 Å². The van der Waals surface area contributed by atoms with Crippen LogP contribution >= 0.6 is 0 Å². The van der Waals surface area contributed by atoms with Gasteiger partial charge < -0.3 is 9.84 Å². The van der Waals surface area contributed by atoms with Gasteiger partial charge in [-0.15, -0.1) is 0 Å². The number of ether oxygens (including phenoxy) is 1. The molecule has 0 spiro atoms. The van der Waals surface area contributed by atoms with E-state index in [9.17, 15) is 5.11 Å². The summed E-state index contributed by atoms with van der Waals surface area (Å²) >= 11 is 0. The lowest BCUT2D eigenvalue weighted by molar-refractivity contribution is -0.325. The Balaban J connectivity index is 1.93. The lowest BCUT2D eigenvalue weighted by atomic mass is 9.58. The van der Waals surface area contributed by atoms with Crippen LogP contribution in [0.15, 0.2) is 0 Å². The summed E-state index contributed by atoms with van der Waals surface area (Å²) in [4.78, 5) is 0. The molecule has 3 fully saturated rings. The fourth-order valence-corrected chi connectivity index (χ4v) is 4.32. The smallest absolute Gasteiger partial charge is 0.171 e. The lowest BCUT2D eigenvalue weighted by Crippen LogP contribution is -2.59. The zero-order valence-electron chi connectivity index (χ0n) is 9.61. The van der Waals surface area contributed by atoms with E-state index in [1.807, 2.05) is 0 Å². The van der Waals surface area contributed by atoms with Gasteiger partial charge in [0.05, 0.1) is 6.61 Å². The fraction of sp³-hybridized carbons (Fsp3) is 1.00. The molecule has 0 radical (unpaired) electrons. The lowest BCUT2D eigenvalue weighted by Gasteiger charge is -2.56. The van der Waals surface area contributed by atoms with Crippen LogP contribution in [-0.4, -0.2) is 17.5 Å². The highest BCUT2D eigenvalue weighted by atomic mass is 16.6. The average molecular weight is 210 g/mol. The molecule has 0 aromatic heterocycles. The summed E-state index contributed by atoms with van der Waals surface area (Å²) in [6.45, 7) is 2.93. The van der Waals surface area contributed by atoms with Crippen LogP contribution in [0, 0.1) is 23.7 Å². The number of hydrogen-bond donors (Lipinski definition) is 1. The Morgan fingerprint density at radius 1 is 1.07 bits per heavy atom. The molecule has 0 aromatic carbocycles. The van der Waals surface area contributed by atoms with Crippen LogP contribution in [0.4, 0.5) is 0 Å². The fourth-order valence-electron chi connectivity index (χ4n) is 4.32. The Bertz CT molecular complexity index is 244.